The van der Waals surface area contributed by atoms with Crippen molar-refractivity contribution in [3.8, 4) is 0 Å². The zero-order valence-corrected chi connectivity index (χ0v) is 43.8. The van der Waals surface area contributed by atoms with Crippen LogP contribution in [0.1, 0.15) is 284 Å². The Morgan fingerprint density at radius 1 is 0.507 bits per heavy atom. The number of carbonyl (C=O) groups excluding carboxylic acids is 1. The Labute approximate surface area is 412 Å². The third-order valence-corrected chi connectivity index (χ3v) is 14.2. The molecule has 0 aromatic heterocycles. The summed E-state index contributed by atoms with van der Waals surface area (Å²) in [4.78, 5) is 13.1. The minimum Gasteiger partial charge on any atom is -0.394 e. The van der Waals surface area contributed by atoms with E-state index >= 15 is 0 Å². The van der Waals surface area contributed by atoms with Crippen LogP contribution in [0.3, 0.4) is 0 Å². The molecule has 67 heavy (non-hydrogen) atoms. The second-order valence-electron chi connectivity index (χ2n) is 20.6. The number of unbranched alkanes of at least 4 members (excludes halogenated alkanes) is 39. The van der Waals surface area contributed by atoms with Gasteiger partial charge < -0.3 is 45.4 Å². The molecule has 0 aromatic carbocycles. The highest BCUT2D eigenvalue weighted by atomic mass is 16.7. The molecule has 8 unspecified atom stereocenters. The molecule has 1 rings (SSSR count). The van der Waals surface area contributed by atoms with Crippen molar-refractivity contribution in [2.24, 2.45) is 0 Å². The first-order valence-electron chi connectivity index (χ1n) is 29.0. The van der Waals surface area contributed by atoms with E-state index in [2.05, 4.69) is 19.2 Å². The Morgan fingerprint density at radius 2 is 0.851 bits per heavy atom. The molecular formula is C57H111NO9. The van der Waals surface area contributed by atoms with E-state index in [0.717, 1.165) is 44.9 Å². The van der Waals surface area contributed by atoms with Crippen LogP contribution in [-0.4, -0.2) is 98.7 Å². The van der Waals surface area contributed by atoms with Crippen molar-refractivity contribution < 1.29 is 44.9 Å². The smallest absolute Gasteiger partial charge is 0.249 e. The highest BCUT2D eigenvalue weighted by molar-refractivity contribution is 5.80. The second-order valence-corrected chi connectivity index (χ2v) is 20.6. The highest BCUT2D eigenvalue weighted by Gasteiger charge is 2.44. The van der Waals surface area contributed by atoms with E-state index in [1.807, 2.05) is 6.08 Å². The number of hydrogen-bond acceptors (Lipinski definition) is 9. The van der Waals surface area contributed by atoms with Gasteiger partial charge in [0.1, 0.15) is 30.5 Å². The number of rotatable bonds is 50. The molecule has 10 nitrogen and oxygen atoms in total. The molecule has 1 fully saturated rings. The van der Waals surface area contributed by atoms with Crippen LogP contribution in [0.2, 0.25) is 0 Å². The first-order chi connectivity index (χ1) is 32.8. The number of ether oxygens (including phenoxy) is 2. The van der Waals surface area contributed by atoms with E-state index in [4.69, 9.17) is 9.47 Å². The molecule has 10 heteroatoms. The minimum absolute atomic E-state index is 0.301. The van der Waals surface area contributed by atoms with Crippen molar-refractivity contribution in [1.82, 2.24) is 5.32 Å². The van der Waals surface area contributed by atoms with Gasteiger partial charge in [0.2, 0.25) is 5.91 Å². The molecule has 0 radical (unpaired) electrons. The minimum atomic E-state index is -1.61. The first-order valence-corrected chi connectivity index (χ1v) is 29.0. The van der Waals surface area contributed by atoms with E-state index in [9.17, 15) is 35.4 Å². The molecule has 0 spiro atoms. The standard InChI is InChI=1S/C57H111NO9/c1-3-5-7-9-11-13-15-17-19-21-22-23-24-25-26-27-28-29-30-32-34-36-38-40-42-44-46-51(61)56(65)58-49(48-66-57-55(64)54(63)53(62)52(47-59)67-57)50(60)45-43-41-39-37-35-33-31-20-18-16-14-12-10-8-6-4-2/h43,45,49-55,57,59-64H,3-42,44,46-48H2,1-2H3,(H,58,65)/b45-43+. The topological polar surface area (TPSA) is 169 Å². The number of aliphatic hydroxyl groups is 6. The van der Waals surface area contributed by atoms with Gasteiger partial charge in [0, 0.05) is 0 Å². The number of hydrogen-bond donors (Lipinski definition) is 7. The molecule has 1 heterocycles. The predicted molar refractivity (Wildman–Crippen MR) is 278 cm³/mol. The molecule has 7 N–H and O–H groups in total. The third kappa shape index (κ3) is 36.5. The number of aliphatic hydroxyl groups excluding tert-OH is 6. The molecular weight excluding hydrogens is 843 g/mol. The summed E-state index contributed by atoms with van der Waals surface area (Å²) < 4.78 is 11.2. The molecule has 1 amide bonds. The fourth-order valence-electron chi connectivity index (χ4n) is 9.52. The van der Waals surface area contributed by atoms with Crippen LogP contribution < -0.4 is 5.32 Å². The van der Waals surface area contributed by atoms with Gasteiger partial charge in [-0.1, -0.05) is 276 Å². The van der Waals surface area contributed by atoms with Crippen LogP contribution in [0.25, 0.3) is 0 Å². The average molecular weight is 955 g/mol. The average Bonchev–Trinajstić information content (AvgIpc) is 3.33. The van der Waals surface area contributed by atoms with Gasteiger partial charge in [0.25, 0.3) is 0 Å². The Balaban J connectivity index is 2.23. The van der Waals surface area contributed by atoms with Crippen LogP contribution in [-0.2, 0) is 14.3 Å². The Morgan fingerprint density at radius 3 is 1.21 bits per heavy atom. The zero-order valence-electron chi connectivity index (χ0n) is 43.8. The molecule has 1 aliphatic heterocycles. The molecule has 0 saturated carbocycles. The van der Waals surface area contributed by atoms with E-state index < -0.39 is 61.5 Å². The summed E-state index contributed by atoms with van der Waals surface area (Å²) in [6.07, 6.45) is 47.4. The summed E-state index contributed by atoms with van der Waals surface area (Å²) in [5.41, 5.74) is 0. The van der Waals surface area contributed by atoms with Gasteiger partial charge >= 0.3 is 0 Å². The maximum atomic E-state index is 13.1. The van der Waals surface area contributed by atoms with E-state index in [0.29, 0.717) is 6.42 Å². The lowest BCUT2D eigenvalue weighted by molar-refractivity contribution is -0.302. The quantitative estimate of drug-likeness (QED) is 0.0232. The van der Waals surface area contributed by atoms with Crippen molar-refractivity contribution in [3.63, 3.8) is 0 Å². The SMILES string of the molecule is CCCCCCCCCCCCCCCC/C=C/C(O)C(COC1OC(CO)C(O)C(O)C1O)NC(=O)C(O)CCCCCCCCCCCCCCCCCCCCCCCCCCCC. The van der Waals surface area contributed by atoms with Crippen LogP contribution >= 0.6 is 0 Å². The summed E-state index contributed by atoms with van der Waals surface area (Å²) in [6.45, 7) is 3.65. The van der Waals surface area contributed by atoms with Gasteiger partial charge in [-0.3, -0.25) is 4.79 Å². The molecule has 1 aliphatic rings. The monoisotopic (exact) mass is 954 g/mol. The van der Waals surface area contributed by atoms with Gasteiger partial charge in [0.05, 0.1) is 25.4 Å². The Hall–Kier alpha value is -1.11. The number of amides is 1. The normalized spacial score (nSPS) is 20.1. The summed E-state index contributed by atoms with van der Waals surface area (Å²) in [5.74, 6) is -0.610. The lowest BCUT2D eigenvalue weighted by Crippen LogP contribution is -2.60. The summed E-state index contributed by atoms with van der Waals surface area (Å²) in [5, 5.41) is 65.0. The van der Waals surface area contributed by atoms with Gasteiger partial charge in [-0.05, 0) is 19.3 Å². The van der Waals surface area contributed by atoms with Crippen molar-refractivity contribution in [1.29, 1.82) is 0 Å². The van der Waals surface area contributed by atoms with E-state index in [1.165, 1.54) is 218 Å². The third-order valence-electron chi connectivity index (χ3n) is 14.2. The Kier molecular flexibility index (Phi) is 45.0. The summed E-state index contributed by atoms with van der Waals surface area (Å²) in [6, 6.07) is -0.976. The fraction of sp³-hybridized carbons (Fsp3) is 0.947. The maximum absolute atomic E-state index is 13.1. The fourth-order valence-corrected chi connectivity index (χ4v) is 9.52. The van der Waals surface area contributed by atoms with Gasteiger partial charge in [0.15, 0.2) is 6.29 Å². The van der Waals surface area contributed by atoms with Gasteiger partial charge in [-0.25, -0.2) is 0 Å². The van der Waals surface area contributed by atoms with Crippen molar-refractivity contribution in [2.75, 3.05) is 13.2 Å². The van der Waals surface area contributed by atoms with Crippen molar-refractivity contribution in [2.45, 2.75) is 332 Å². The predicted octanol–water partition coefficient (Wildman–Crippen LogP) is 13.0. The van der Waals surface area contributed by atoms with Crippen molar-refractivity contribution in [3.05, 3.63) is 12.2 Å². The van der Waals surface area contributed by atoms with E-state index in [-0.39, 0.29) is 6.61 Å². The largest absolute Gasteiger partial charge is 0.394 e. The lowest BCUT2D eigenvalue weighted by atomic mass is 9.99. The molecule has 0 aromatic rings. The highest BCUT2D eigenvalue weighted by Crippen LogP contribution is 2.23. The summed E-state index contributed by atoms with van der Waals surface area (Å²) >= 11 is 0. The lowest BCUT2D eigenvalue weighted by Gasteiger charge is -2.40. The molecule has 8 atom stereocenters. The number of carbonyl (C=O) groups is 1. The molecule has 398 valence electrons. The number of nitrogens with one attached hydrogen (secondary N) is 1. The van der Waals surface area contributed by atoms with Crippen LogP contribution in [0.4, 0.5) is 0 Å². The summed E-state index contributed by atoms with van der Waals surface area (Å²) in [7, 11) is 0. The molecule has 0 bridgehead atoms. The maximum Gasteiger partial charge on any atom is 0.249 e. The van der Waals surface area contributed by atoms with Crippen LogP contribution in [0.15, 0.2) is 12.2 Å². The van der Waals surface area contributed by atoms with Crippen LogP contribution in [0, 0.1) is 0 Å². The molecule has 0 aliphatic carbocycles. The zero-order chi connectivity index (χ0) is 48.8. The Bertz CT molecular complexity index is 1080. The second kappa shape index (κ2) is 47.2. The first kappa shape index (κ1) is 63.9. The van der Waals surface area contributed by atoms with Gasteiger partial charge in [-0.2, -0.15) is 0 Å². The van der Waals surface area contributed by atoms with Crippen molar-refractivity contribution >= 4 is 5.91 Å². The molecule has 1 saturated heterocycles. The van der Waals surface area contributed by atoms with E-state index in [1.54, 1.807) is 6.08 Å². The number of allylic oxidation sites excluding steroid dienone is 1. The van der Waals surface area contributed by atoms with Gasteiger partial charge in [-0.15, -0.1) is 0 Å². The van der Waals surface area contributed by atoms with Crippen LogP contribution in [0.5, 0.6) is 0 Å².